The van der Waals surface area contributed by atoms with Crippen molar-refractivity contribution in [3.8, 4) is 0 Å². The molecule has 1 atom stereocenters. The Morgan fingerprint density at radius 1 is 1.23 bits per heavy atom. The predicted molar refractivity (Wildman–Crippen MR) is 91.8 cm³/mol. The second-order valence-corrected chi connectivity index (χ2v) is 9.09. The van der Waals surface area contributed by atoms with Crippen LogP contribution >= 0.6 is 0 Å². The molecule has 3 aliphatic heterocycles. The number of sulfonamides is 1. The highest BCUT2D eigenvalue weighted by atomic mass is 32.2. The Morgan fingerprint density at radius 3 is 2.58 bits per heavy atom. The summed E-state index contributed by atoms with van der Waals surface area (Å²) >= 11 is 0. The molecule has 1 spiro atoms. The Morgan fingerprint density at radius 2 is 1.92 bits per heavy atom. The maximum Gasteiger partial charge on any atom is 0.253 e. The quantitative estimate of drug-likeness (QED) is 0.675. The van der Waals surface area contributed by atoms with Gasteiger partial charge in [-0.2, -0.15) is 0 Å². The van der Waals surface area contributed by atoms with Crippen LogP contribution in [0.15, 0.2) is 12.4 Å². The number of fused-ring (bicyclic) bond motifs is 2. The highest BCUT2D eigenvalue weighted by Crippen LogP contribution is 2.40. The van der Waals surface area contributed by atoms with Gasteiger partial charge in [-0.1, -0.05) is 0 Å². The predicted octanol–water partition coefficient (Wildman–Crippen LogP) is -0.609. The third-order valence-corrected chi connectivity index (χ3v) is 6.75. The molecule has 26 heavy (non-hydrogen) atoms. The van der Waals surface area contributed by atoms with E-state index in [0.29, 0.717) is 58.8 Å². The van der Waals surface area contributed by atoms with Crippen molar-refractivity contribution < 1.29 is 22.7 Å². The Bertz CT molecular complexity index is 778. The third-order valence-electron chi connectivity index (χ3n) is 5.45. The van der Waals surface area contributed by atoms with Crippen molar-refractivity contribution in [2.75, 3.05) is 45.6 Å². The van der Waals surface area contributed by atoms with E-state index < -0.39 is 21.7 Å². The first-order valence-corrected chi connectivity index (χ1v) is 10.7. The van der Waals surface area contributed by atoms with Crippen LogP contribution in [0.25, 0.3) is 0 Å². The summed E-state index contributed by atoms with van der Waals surface area (Å²) in [6.07, 6.45) is 5.19. The van der Waals surface area contributed by atoms with Gasteiger partial charge in [0.1, 0.15) is 11.4 Å². The molecule has 1 aromatic rings. The Labute approximate surface area is 152 Å². The molecule has 0 bridgehead atoms. The standard InChI is InChI=1S/C16H24N4O5S/c1-26(22,23)20-5-2-16(3-6-20)15-17-4-7-19(15)12-13(25-16)14(21)18-8-10-24-11-9-18/h4,7,13H,2-3,5-6,8-12H2,1H3/t13-/m1/s1. The van der Waals surface area contributed by atoms with E-state index in [-0.39, 0.29) is 5.91 Å². The minimum absolute atomic E-state index is 0.0300. The van der Waals surface area contributed by atoms with Crippen molar-refractivity contribution in [1.82, 2.24) is 18.8 Å². The number of amides is 1. The molecule has 2 saturated heterocycles. The summed E-state index contributed by atoms with van der Waals surface area (Å²) in [5, 5.41) is 0. The number of ether oxygens (including phenoxy) is 2. The van der Waals surface area contributed by atoms with Crippen LogP contribution in [0.3, 0.4) is 0 Å². The summed E-state index contributed by atoms with van der Waals surface area (Å²) < 4.78 is 38.7. The van der Waals surface area contributed by atoms with E-state index in [9.17, 15) is 13.2 Å². The van der Waals surface area contributed by atoms with Crippen molar-refractivity contribution in [2.24, 2.45) is 0 Å². The number of carbonyl (C=O) groups excluding carboxylic acids is 1. The third kappa shape index (κ3) is 3.15. The molecule has 0 aromatic carbocycles. The molecule has 2 fully saturated rings. The molecule has 9 nitrogen and oxygen atoms in total. The molecular formula is C16H24N4O5S. The van der Waals surface area contributed by atoms with Crippen LogP contribution in [0.2, 0.25) is 0 Å². The van der Waals surface area contributed by atoms with Crippen molar-refractivity contribution in [3.05, 3.63) is 18.2 Å². The van der Waals surface area contributed by atoms with E-state index in [2.05, 4.69) is 4.98 Å². The monoisotopic (exact) mass is 384 g/mol. The molecule has 0 aliphatic carbocycles. The Kier molecular flexibility index (Phi) is 4.54. The minimum atomic E-state index is -3.23. The van der Waals surface area contributed by atoms with Gasteiger partial charge in [-0.15, -0.1) is 0 Å². The number of morpholine rings is 1. The van der Waals surface area contributed by atoms with Crippen molar-refractivity contribution in [2.45, 2.75) is 31.1 Å². The van der Waals surface area contributed by atoms with Gasteiger partial charge in [0.05, 0.1) is 26.0 Å². The molecule has 1 aromatic heterocycles. The Hall–Kier alpha value is -1.49. The number of hydrogen-bond acceptors (Lipinski definition) is 6. The van der Waals surface area contributed by atoms with Gasteiger partial charge in [-0.05, 0) is 12.8 Å². The normalized spacial score (nSPS) is 26.7. The van der Waals surface area contributed by atoms with E-state index in [4.69, 9.17) is 9.47 Å². The van der Waals surface area contributed by atoms with E-state index in [0.717, 1.165) is 5.82 Å². The first kappa shape index (κ1) is 17.9. The fourth-order valence-corrected chi connectivity index (χ4v) is 4.88. The maximum absolute atomic E-state index is 12.9. The lowest BCUT2D eigenvalue weighted by molar-refractivity contribution is -0.181. The van der Waals surface area contributed by atoms with Crippen LogP contribution in [0.1, 0.15) is 18.7 Å². The summed E-state index contributed by atoms with van der Waals surface area (Å²) in [4.78, 5) is 19.2. The first-order chi connectivity index (χ1) is 12.4. The molecule has 4 rings (SSSR count). The number of nitrogens with zero attached hydrogens (tertiary/aromatic N) is 4. The van der Waals surface area contributed by atoms with Crippen molar-refractivity contribution >= 4 is 15.9 Å². The van der Waals surface area contributed by atoms with Crippen LogP contribution in [-0.2, 0) is 36.4 Å². The second-order valence-electron chi connectivity index (χ2n) is 7.10. The summed E-state index contributed by atoms with van der Waals surface area (Å²) in [6.45, 7) is 3.40. The van der Waals surface area contributed by atoms with Gasteiger partial charge in [0.15, 0.2) is 6.10 Å². The molecule has 0 saturated carbocycles. The van der Waals surface area contributed by atoms with Crippen LogP contribution in [0.4, 0.5) is 0 Å². The minimum Gasteiger partial charge on any atom is -0.378 e. The molecule has 0 N–H and O–H groups in total. The van der Waals surface area contributed by atoms with Crippen molar-refractivity contribution in [3.63, 3.8) is 0 Å². The lowest BCUT2D eigenvalue weighted by Gasteiger charge is -2.45. The zero-order valence-corrected chi connectivity index (χ0v) is 15.7. The van der Waals surface area contributed by atoms with Crippen LogP contribution in [0.5, 0.6) is 0 Å². The Balaban J connectivity index is 1.56. The van der Waals surface area contributed by atoms with Gasteiger partial charge in [-0.3, -0.25) is 4.79 Å². The van der Waals surface area contributed by atoms with Crippen LogP contribution < -0.4 is 0 Å². The number of rotatable bonds is 2. The zero-order chi connectivity index (χ0) is 18.4. The van der Waals surface area contributed by atoms with Gasteiger partial charge in [0.25, 0.3) is 5.91 Å². The molecule has 0 unspecified atom stereocenters. The lowest BCUT2D eigenvalue weighted by Crippen LogP contribution is -2.56. The van der Waals surface area contributed by atoms with E-state index in [1.807, 2.05) is 10.8 Å². The van der Waals surface area contributed by atoms with Crippen molar-refractivity contribution in [1.29, 1.82) is 0 Å². The van der Waals surface area contributed by atoms with E-state index in [1.165, 1.54) is 10.6 Å². The topological polar surface area (TPSA) is 94.0 Å². The summed E-state index contributed by atoms with van der Waals surface area (Å²) in [6, 6.07) is 0. The van der Waals surface area contributed by atoms with E-state index >= 15 is 0 Å². The highest BCUT2D eigenvalue weighted by Gasteiger charge is 2.48. The first-order valence-electron chi connectivity index (χ1n) is 8.90. The molecule has 10 heteroatoms. The lowest BCUT2D eigenvalue weighted by atomic mass is 9.89. The van der Waals surface area contributed by atoms with Crippen LogP contribution in [-0.4, -0.2) is 84.8 Å². The fraction of sp³-hybridized carbons (Fsp3) is 0.750. The van der Waals surface area contributed by atoms with Gasteiger partial charge in [-0.25, -0.2) is 17.7 Å². The number of carbonyl (C=O) groups is 1. The van der Waals surface area contributed by atoms with Gasteiger partial charge >= 0.3 is 0 Å². The zero-order valence-electron chi connectivity index (χ0n) is 14.8. The van der Waals surface area contributed by atoms with Crippen LogP contribution in [0, 0.1) is 0 Å². The molecule has 144 valence electrons. The SMILES string of the molecule is CS(=O)(=O)N1CCC2(CC1)O[C@@H](C(=O)N1CCOCC1)Cn1ccnc12. The number of piperidine rings is 1. The fourth-order valence-electron chi connectivity index (χ4n) is 4.03. The number of imidazole rings is 1. The average molecular weight is 384 g/mol. The molecule has 4 heterocycles. The molecule has 0 radical (unpaired) electrons. The largest absolute Gasteiger partial charge is 0.378 e. The average Bonchev–Trinajstić information content (AvgIpc) is 3.11. The second kappa shape index (κ2) is 6.59. The van der Waals surface area contributed by atoms with Gasteiger partial charge in [0, 0.05) is 38.6 Å². The number of aromatic nitrogens is 2. The maximum atomic E-state index is 12.9. The number of hydrogen-bond donors (Lipinski definition) is 0. The summed E-state index contributed by atoms with van der Waals surface area (Å²) in [5.41, 5.74) is -0.713. The smallest absolute Gasteiger partial charge is 0.253 e. The molecular weight excluding hydrogens is 360 g/mol. The molecule has 1 amide bonds. The summed E-state index contributed by atoms with van der Waals surface area (Å²) in [5.74, 6) is 0.759. The van der Waals surface area contributed by atoms with Gasteiger partial charge in [0.2, 0.25) is 10.0 Å². The van der Waals surface area contributed by atoms with E-state index in [1.54, 1.807) is 11.1 Å². The molecule has 3 aliphatic rings. The van der Waals surface area contributed by atoms with Gasteiger partial charge < -0.3 is 18.9 Å². The summed E-state index contributed by atoms with van der Waals surface area (Å²) in [7, 11) is -3.23. The highest BCUT2D eigenvalue weighted by molar-refractivity contribution is 7.88.